The summed E-state index contributed by atoms with van der Waals surface area (Å²) in [7, 11) is 3.33. The van der Waals surface area contributed by atoms with Crippen LogP contribution in [0.25, 0.3) is 0 Å². The summed E-state index contributed by atoms with van der Waals surface area (Å²) in [6.07, 6.45) is 8.61. The summed E-state index contributed by atoms with van der Waals surface area (Å²) < 4.78 is 22.7. The Hall–Kier alpha value is -2.74. The third-order valence-corrected chi connectivity index (χ3v) is 10.3. The zero-order valence-electron chi connectivity index (χ0n) is 23.9. The molecule has 40 heavy (non-hydrogen) atoms. The number of carbonyl (C=O) groups is 2. The Bertz CT molecular complexity index is 1240. The molecule has 7 nitrogen and oxygen atoms in total. The molecule has 3 aliphatic carbocycles. The Labute approximate surface area is 237 Å². The van der Waals surface area contributed by atoms with E-state index in [2.05, 4.69) is 19.1 Å². The van der Waals surface area contributed by atoms with E-state index in [-0.39, 0.29) is 30.1 Å². The molecule has 0 radical (unpaired) electrons. The molecule has 0 bridgehead atoms. The zero-order chi connectivity index (χ0) is 27.9. The number of imide groups is 1. The number of ether oxygens (including phenoxy) is 4. The minimum Gasteiger partial charge on any atom is -0.467 e. The van der Waals surface area contributed by atoms with Crippen molar-refractivity contribution in [3.8, 4) is 5.75 Å². The first kappa shape index (κ1) is 27.4. The standard InChI is InChI=1S/C33H41NO6/c1-33-17-16-23-21-12-14-29(39-19-37-2)25(9-6-18-34-31(35)26-7-4-5-8-27(26)32(34)36)22(21)10-11-24(23)28(33)13-15-30(33)40-20-38-3/h4-5,7-8,12,14,23-24,28,30H,6,9-11,13,15-20H2,1-3H3/t23-,24-,28+,30+,33+/m1/s1. The quantitative estimate of drug-likeness (QED) is 0.279. The van der Waals surface area contributed by atoms with Crippen molar-refractivity contribution in [3.63, 3.8) is 0 Å². The maximum atomic E-state index is 12.9. The number of hydrogen-bond donors (Lipinski definition) is 0. The number of benzene rings is 2. The van der Waals surface area contributed by atoms with E-state index in [9.17, 15) is 9.59 Å². The average Bonchev–Trinajstić information content (AvgIpc) is 3.44. The van der Waals surface area contributed by atoms with Gasteiger partial charge in [0.15, 0.2) is 6.79 Å². The summed E-state index contributed by atoms with van der Waals surface area (Å²) >= 11 is 0. The number of methoxy groups -OCH3 is 2. The van der Waals surface area contributed by atoms with E-state index in [1.165, 1.54) is 47.3 Å². The molecule has 0 saturated heterocycles. The van der Waals surface area contributed by atoms with Gasteiger partial charge in [0, 0.05) is 20.8 Å². The van der Waals surface area contributed by atoms with Crippen molar-refractivity contribution < 1.29 is 28.5 Å². The fourth-order valence-corrected chi connectivity index (χ4v) is 8.48. The van der Waals surface area contributed by atoms with Crippen molar-refractivity contribution in [2.75, 3.05) is 34.4 Å². The van der Waals surface area contributed by atoms with Crippen molar-refractivity contribution in [3.05, 3.63) is 64.2 Å². The number of rotatable bonds is 10. The van der Waals surface area contributed by atoms with Gasteiger partial charge in [-0.3, -0.25) is 14.5 Å². The van der Waals surface area contributed by atoms with Crippen LogP contribution in [0.3, 0.4) is 0 Å². The number of hydrogen-bond acceptors (Lipinski definition) is 6. The van der Waals surface area contributed by atoms with Gasteiger partial charge in [0.05, 0.1) is 17.2 Å². The van der Waals surface area contributed by atoms with Crippen LogP contribution in [0.15, 0.2) is 36.4 Å². The van der Waals surface area contributed by atoms with Crippen molar-refractivity contribution in [1.82, 2.24) is 4.90 Å². The third-order valence-electron chi connectivity index (χ3n) is 10.3. The molecule has 6 rings (SSSR count). The monoisotopic (exact) mass is 547 g/mol. The number of amides is 2. The van der Waals surface area contributed by atoms with Crippen LogP contribution < -0.4 is 4.74 Å². The Balaban J connectivity index is 1.21. The highest BCUT2D eigenvalue weighted by Crippen LogP contribution is 2.62. The predicted octanol–water partition coefficient (Wildman–Crippen LogP) is 5.74. The molecular formula is C33H41NO6. The van der Waals surface area contributed by atoms with Crippen LogP contribution in [-0.4, -0.2) is 57.2 Å². The molecule has 0 unspecified atom stereocenters. The van der Waals surface area contributed by atoms with Gasteiger partial charge in [0.1, 0.15) is 12.5 Å². The van der Waals surface area contributed by atoms with E-state index >= 15 is 0 Å². The molecule has 0 N–H and O–H groups in total. The molecule has 0 aromatic heterocycles. The van der Waals surface area contributed by atoms with Crippen molar-refractivity contribution in [2.45, 2.75) is 70.3 Å². The van der Waals surface area contributed by atoms with E-state index in [1.807, 2.05) is 12.1 Å². The van der Waals surface area contributed by atoms with Crippen LogP contribution in [0.4, 0.5) is 0 Å². The summed E-state index contributed by atoms with van der Waals surface area (Å²) in [6, 6.07) is 11.5. The second-order valence-corrected chi connectivity index (χ2v) is 12.2. The highest BCUT2D eigenvalue weighted by atomic mass is 16.7. The molecule has 2 aromatic carbocycles. The van der Waals surface area contributed by atoms with Crippen molar-refractivity contribution in [2.24, 2.45) is 17.3 Å². The molecule has 2 aromatic rings. The van der Waals surface area contributed by atoms with Crippen LogP contribution >= 0.6 is 0 Å². The fourth-order valence-electron chi connectivity index (χ4n) is 8.48. The molecule has 214 valence electrons. The molecule has 1 heterocycles. The minimum atomic E-state index is -0.191. The number of fused-ring (bicyclic) bond motifs is 6. The van der Waals surface area contributed by atoms with Crippen LogP contribution in [0.5, 0.6) is 5.75 Å². The van der Waals surface area contributed by atoms with Crippen LogP contribution in [0.2, 0.25) is 0 Å². The topological polar surface area (TPSA) is 74.3 Å². The normalized spacial score (nSPS) is 28.7. The van der Waals surface area contributed by atoms with Crippen LogP contribution in [-0.2, 0) is 27.1 Å². The molecule has 0 spiro atoms. The maximum absolute atomic E-state index is 12.9. The maximum Gasteiger partial charge on any atom is 0.261 e. The van der Waals surface area contributed by atoms with Crippen molar-refractivity contribution >= 4 is 11.8 Å². The van der Waals surface area contributed by atoms with Crippen LogP contribution in [0, 0.1) is 17.3 Å². The molecule has 4 aliphatic rings. The lowest BCUT2D eigenvalue weighted by Crippen LogP contribution is -2.45. The molecular weight excluding hydrogens is 506 g/mol. The SMILES string of the molecule is COCOc1ccc2c(c1CCCN1C(=O)c3ccccc3C1=O)CC[C@@H]1[C@@H]2CC[C@]2(C)[C@@H](OCOC)CC[C@@H]12. The minimum absolute atomic E-state index is 0.191. The Kier molecular flexibility index (Phi) is 7.73. The molecule has 2 saturated carbocycles. The van der Waals surface area contributed by atoms with E-state index in [0.717, 1.165) is 25.0 Å². The lowest BCUT2D eigenvalue weighted by Gasteiger charge is -2.51. The van der Waals surface area contributed by atoms with Crippen molar-refractivity contribution in [1.29, 1.82) is 0 Å². The fraction of sp³-hybridized carbons (Fsp3) is 0.576. The first-order chi connectivity index (χ1) is 19.5. The van der Waals surface area contributed by atoms with Gasteiger partial charge in [-0.2, -0.15) is 0 Å². The third kappa shape index (κ3) is 4.56. The lowest BCUT2D eigenvalue weighted by molar-refractivity contribution is -0.125. The highest BCUT2D eigenvalue weighted by molar-refractivity contribution is 6.21. The van der Waals surface area contributed by atoms with Gasteiger partial charge >= 0.3 is 0 Å². The second kappa shape index (κ2) is 11.3. The molecule has 7 heteroatoms. The van der Waals surface area contributed by atoms with Gasteiger partial charge in [-0.05, 0) is 109 Å². The van der Waals surface area contributed by atoms with Gasteiger partial charge in [0.25, 0.3) is 11.8 Å². The smallest absolute Gasteiger partial charge is 0.261 e. The van der Waals surface area contributed by atoms with Gasteiger partial charge in [-0.25, -0.2) is 0 Å². The summed E-state index contributed by atoms with van der Waals surface area (Å²) in [5.74, 6) is 2.36. The van der Waals surface area contributed by atoms with Gasteiger partial charge in [-0.15, -0.1) is 0 Å². The molecule has 2 amide bonds. The highest BCUT2D eigenvalue weighted by Gasteiger charge is 2.55. The Morgan fingerprint density at radius 3 is 2.40 bits per heavy atom. The van der Waals surface area contributed by atoms with Gasteiger partial charge in [-0.1, -0.05) is 25.1 Å². The first-order valence-electron chi connectivity index (χ1n) is 14.8. The molecule has 1 aliphatic heterocycles. The first-order valence-corrected chi connectivity index (χ1v) is 14.8. The summed E-state index contributed by atoms with van der Waals surface area (Å²) in [5, 5.41) is 0. The van der Waals surface area contributed by atoms with E-state index in [0.29, 0.717) is 48.6 Å². The number of carbonyl (C=O) groups excluding carboxylic acids is 2. The van der Waals surface area contributed by atoms with E-state index in [1.54, 1.807) is 26.4 Å². The van der Waals surface area contributed by atoms with Gasteiger partial charge < -0.3 is 18.9 Å². The average molecular weight is 548 g/mol. The van der Waals surface area contributed by atoms with Gasteiger partial charge in [0.2, 0.25) is 0 Å². The Morgan fingerprint density at radius 1 is 0.925 bits per heavy atom. The molecule has 2 fully saturated rings. The largest absolute Gasteiger partial charge is 0.467 e. The summed E-state index contributed by atoms with van der Waals surface area (Å²) in [4.78, 5) is 27.2. The lowest BCUT2D eigenvalue weighted by atomic mass is 9.55. The number of nitrogens with zero attached hydrogens (tertiary/aromatic N) is 1. The molecule has 5 atom stereocenters. The zero-order valence-corrected chi connectivity index (χ0v) is 23.9. The van der Waals surface area contributed by atoms with Crippen LogP contribution in [0.1, 0.15) is 88.8 Å². The van der Waals surface area contributed by atoms with E-state index < -0.39 is 0 Å². The summed E-state index contributed by atoms with van der Waals surface area (Å²) in [6.45, 7) is 3.41. The summed E-state index contributed by atoms with van der Waals surface area (Å²) in [5.41, 5.74) is 5.32. The van der Waals surface area contributed by atoms with E-state index in [4.69, 9.17) is 18.9 Å². The predicted molar refractivity (Wildman–Crippen MR) is 150 cm³/mol. The Morgan fingerprint density at radius 2 is 1.68 bits per heavy atom. The second-order valence-electron chi connectivity index (χ2n) is 12.2.